The van der Waals surface area contributed by atoms with Gasteiger partial charge in [0.1, 0.15) is 11.7 Å². The van der Waals surface area contributed by atoms with Gasteiger partial charge in [-0.25, -0.2) is 0 Å². The topological polar surface area (TPSA) is 134 Å². The van der Waals surface area contributed by atoms with E-state index in [1.807, 2.05) is 0 Å². The van der Waals surface area contributed by atoms with Gasteiger partial charge in [-0.1, -0.05) is 24.3 Å². The average Bonchev–Trinajstić information content (AvgIpc) is 2.51. The highest BCUT2D eigenvalue weighted by atomic mass is 16.1. The number of hydrogen-bond donors (Lipinski definition) is 4. The van der Waals surface area contributed by atoms with Crippen LogP contribution in [0.15, 0.2) is 36.4 Å². The summed E-state index contributed by atoms with van der Waals surface area (Å²) in [6.45, 7) is 0. The molecule has 6 N–H and O–H groups in total. The molecule has 2 aromatic rings. The van der Waals surface area contributed by atoms with E-state index < -0.39 is 11.6 Å². The molecule has 0 bridgehead atoms. The number of carbonyl (C=O) groups is 2. The van der Waals surface area contributed by atoms with E-state index >= 15 is 0 Å². The second kappa shape index (κ2) is 4.63. The zero-order chi connectivity index (χ0) is 16.0. The molecule has 108 valence electrons. The number of nitrogens with one attached hydrogen (secondary N) is 2. The van der Waals surface area contributed by atoms with Crippen molar-refractivity contribution in [3.05, 3.63) is 69.8 Å². The van der Waals surface area contributed by atoms with Crippen LogP contribution < -0.4 is 11.5 Å². The van der Waals surface area contributed by atoms with Crippen molar-refractivity contribution in [1.29, 1.82) is 10.8 Å². The van der Waals surface area contributed by atoms with Crippen LogP contribution in [0.2, 0.25) is 0 Å². The van der Waals surface area contributed by atoms with Crippen molar-refractivity contribution in [3.63, 3.8) is 0 Å². The molecule has 0 unspecified atom stereocenters. The Morgan fingerprint density at radius 2 is 1.36 bits per heavy atom. The van der Waals surface area contributed by atoms with Gasteiger partial charge in [0.25, 0.3) is 0 Å². The first-order valence-electron chi connectivity index (χ1n) is 6.47. The molecular weight excluding hydrogens is 280 g/mol. The van der Waals surface area contributed by atoms with Gasteiger partial charge in [0.2, 0.25) is 0 Å². The summed E-state index contributed by atoms with van der Waals surface area (Å²) in [5.41, 5.74) is 12.1. The number of carbonyl (C=O) groups excluding carboxylic acids is 2. The lowest BCUT2D eigenvalue weighted by Gasteiger charge is -2.21. The fourth-order valence-electron chi connectivity index (χ4n) is 2.69. The first-order valence-corrected chi connectivity index (χ1v) is 6.47. The van der Waals surface area contributed by atoms with Crippen LogP contribution in [-0.4, -0.2) is 23.2 Å². The molecule has 0 spiro atoms. The molecule has 1 aliphatic rings. The Labute approximate surface area is 125 Å². The highest BCUT2D eigenvalue weighted by Gasteiger charge is 2.33. The summed E-state index contributed by atoms with van der Waals surface area (Å²) in [5.74, 6) is -1.41. The number of nitrogen functional groups attached to an aromatic ring is 2. The average molecular weight is 292 g/mol. The largest absolute Gasteiger partial charge is 0.384 e. The maximum atomic E-state index is 12.7. The Balaban J connectivity index is 2.41. The normalized spacial score (nSPS) is 12.5. The molecule has 22 heavy (non-hydrogen) atoms. The van der Waals surface area contributed by atoms with Gasteiger partial charge in [-0.15, -0.1) is 0 Å². The molecule has 0 fully saturated rings. The third-order valence-corrected chi connectivity index (χ3v) is 3.65. The van der Waals surface area contributed by atoms with E-state index in [0.717, 1.165) is 0 Å². The predicted octanol–water partition coefficient (Wildman–Crippen LogP) is 1.03. The van der Waals surface area contributed by atoms with E-state index in [0.29, 0.717) is 5.56 Å². The van der Waals surface area contributed by atoms with Crippen molar-refractivity contribution < 1.29 is 9.59 Å². The number of fused-ring (bicyclic) bond motifs is 2. The minimum atomic E-state index is -0.400. The zero-order valence-corrected chi connectivity index (χ0v) is 11.4. The molecule has 0 radical (unpaired) electrons. The minimum absolute atomic E-state index is 0.0397. The smallest absolute Gasteiger partial charge is 0.195 e. The lowest BCUT2D eigenvalue weighted by Crippen LogP contribution is -2.29. The van der Waals surface area contributed by atoms with Crippen molar-refractivity contribution in [3.8, 4) is 0 Å². The fourth-order valence-corrected chi connectivity index (χ4v) is 2.69. The van der Waals surface area contributed by atoms with Crippen molar-refractivity contribution >= 4 is 23.2 Å². The predicted molar refractivity (Wildman–Crippen MR) is 81.8 cm³/mol. The maximum absolute atomic E-state index is 12.7. The summed E-state index contributed by atoms with van der Waals surface area (Å²) in [6.07, 6.45) is 0. The van der Waals surface area contributed by atoms with Gasteiger partial charge in [-0.2, -0.15) is 0 Å². The van der Waals surface area contributed by atoms with Crippen molar-refractivity contribution in [2.45, 2.75) is 0 Å². The standard InChI is InChI=1S/C16H12N4O2/c17-15(18)10-6-5-9-11(12(10)16(19)20)14(22)8-4-2-1-3-7(8)13(9)21/h1-6H,(H3,17,18)(H3,19,20). The Morgan fingerprint density at radius 3 is 1.91 bits per heavy atom. The first kappa shape index (κ1) is 13.7. The summed E-state index contributed by atoms with van der Waals surface area (Å²) >= 11 is 0. The Kier molecular flexibility index (Phi) is 2.88. The number of rotatable bonds is 2. The number of hydrogen-bond acceptors (Lipinski definition) is 4. The van der Waals surface area contributed by atoms with Crippen molar-refractivity contribution in [1.82, 2.24) is 0 Å². The monoisotopic (exact) mass is 292 g/mol. The van der Waals surface area contributed by atoms with Gasteiger partial charge in [-0.3, -0.25) is 20.4 Å². The maximum Gasteiger partial charge on any atom is 0.195 e. The third-order valence-electron chi connectivity index (χ3n) is 3.65. The molecule has 6 nitrogen and oxygen atoms in total. The van der Waals surface area contributed by atoms with Crippen LogP contribution in [0.1, 0.15) is 43.0 Å². The van der Waals surface area contributed by atoms with Crippen LogP contribution >= 0.6 is 0 Å². The third kappa shape index (κ3) is 1.74. The number of amidine groups is 2. The Hall–Kier alpha value is -3.28. The summed E-state index contributed by atoms with van der Waals surface area (Å²) in [7, 11) is 0. The van der Waals surface area contributed by atoms with Crippen LogP contribution in [0, 0.1) is 10.8 Å². The molecule has 0 saturated carbocycles. The summed E-state index contributed by atoms with van der Waals surface area (Å²) in [6, 6.07) is 9.39. The van der Waals surface area contributed by atoms with Gasteiger partial charge in [0, 0.05) is 33.4 Å². The summed E-state index contributed by atoms with van der Waals surface area (Å²) in [5, 5.41) is 15.3. The molecule has 0 aromatic heterocycles. The van der Waals surface area contributed by atoms with Gasteiger partial charge in [0.15, 0.2) is 11.6 Å². The molecule has 6 heteroatoms. The SMILES string of the molecule is N=C(N)c1ccc2c(c1C(=N)N)C(=O)c1ccccc1C2=O. The van der Waals surface area contributed by atoms with Crippen LogP contribution in [0.3, 0.4) is 0 Å². The number of ketones is 2. The minimum Gasteiger partial charge on any atom is -0.384 e. The van der Waals surface area contributed by atoms with E-state index in [1.165, 1.54) is 12.1 Å². The quantitative estimate of drug-likeness (QED) is 0.414. The van der Waals surface area contributed by atoms with E-state index in [1.54, 1.807) is 24.3 Å². The first-order chi connectivity index (χ1) is 10.4. The molecule has 0 amide bonds. The molecule has 3 rings (SSSR count). The van der Waals surface area contributed by atoms with Crippen LogP contribution in [0.4, 0.5) is 0 Å². The van der Waals surface area contributed by atoms with Gasteiger partial charge in [0.05, 0.1) is 0 Å². The molecule has 1 aliphatic carbocycles. The summed E-state index contributed by atoms with van der Waals surface area (Å²) in [4.78, 5) is 25.3. The number of benzene rings is 2. The lowest BCUT2D eigenvalue weighted by molar-refractivity contribution is 0.0979. The van der Waals surface area contributed by atoms with Crippen LogP contribution in [-0.2, 0) is 0 Å². The Bertz CT molecular complexity index is 884. The lowest BCUT2D eigenvalue weighted by atomic mass is 9.80. The molecule has 0 aliphatic heterocycles. The van der Waals surface area contributed by atoms with Crippen LogP contribution in [0.5, 0.6) is 0 Å². The van der Waals surface area contributed by atoms with E-state index in [2.05, 4.69) is 0 Å². The fraction of sp³-hybridized carbons (Fsp3) is 0. The second-order valence-electron chi connectivity index (χ2n) is 4.94. The number of nitrogens with two attached hydrogens (primary N) is 2. The highest BCUT2D eigenvalue weighted by Crippen LogP contribution is 2.30. The zero-order valence-electron chi connectivity index (χ0n) is 11.4. The highest BCUT2D eigenvalue weighted by molar-refractivity contribution is 6.32. The summed E-state index contributed by atoms with van der Waals surface area (Å²) < 4.78 is 0. The van der Waals surface area contributed by atoms with Gasteiger partial charge < -0.3 is 11.5 Å². The van der Waals surface area contributed by atoms with Gasteiger partial charge in [-0.05, 0) is 12.1 Å². The van der Waals surface area contributed by atoms with Crippen molar-refractivity contribution in [2.24, 2.45) is 11.5 Å². The molecule has 2 aromatic carbocycles. The molecule has 0 atom stereocenters. The Morgan fingerprint density at radius 1 is 0.773 bits per heavy atom. The van der Waals surface area contributed by atoms with Crippen molar-refractivity contribution in [2.75, 3.05) is 0 Å². The molecule has 0 heterocycles. The van der Waals surface area contributed by atoms with Crippen LogP contribution in [0.25, 0.3) is 0 Å². The van der Waals surface area contributed by atoms with E-state index in [9.17, 15) is 9.59 Å². The van der Waals surface area contributed by atoms with Gasteiger partial charge >= 0.3 is 0 Å². The van der Waals surface area contributed by atoms with E-state index in [-0.39, 0.29) is 39.4 Å². The molecule has 0 saturated heterocycles. The van der Waals surface area contributed by atoms with E-state index in [4.69, 9.17) is 22.3 Å². The molecular formula is C16H12N4O2. The second-order valence-corrected chi connectivity index (χ2v) is 4.94.